The van der Waals surface area contributed by atoms with Crippen LogP contribution in [-0.4, -0.2) is 31.3 Å². The van der Waals surface area contributed by atoms with E-state index in [1.165, 1.54) is 10.4 Å². The predicted octanol–water partition coefficient (Wildman–Crippen LogP) is 2.63. The number of sulfonamides is 1. The fraction of sp³-hybridized carbons (Fsp3) is 0.278. The first kappa shape index (κ1) is 15.2. The smallest absolute Gasteiger partial charge is 0.335 e. The highest BCUT2D eigenvalue weighted by Gasteiger charge is 2.51. The van der Waals surface area contributed by atoms with Gasteiger partial charge in [0.05, 0.1) is 16.5 Å². The number of fused-ring (bicyclic) bond motifs is 1. The van der Waals surface area contributed by atoms with Gasteiger partial charge < -0.3 is 5.11 Å². The largest absolute Gasteiger partial charge is 0.478 e. The maximum atomic E-state index is 13.0. The molecule has 2 aromatic carbocycles. The van der Waals surface area contributed by atoms with Gasteiger partial charge in [-0.2, -0.15) is 0 Å². The number of anilines is 1. The lowest BCUT2D eigenvalue weighted by Crippen LogP contribution is -2.32. The molecule has 2 aromatic rings. The summed E-state index contributed by atoms with van der Waals surface area (Å²) in [5.41, 5.74) is 2.67. The molecule has 2 unspecified atom stereocenters. The SMILES string of the molecule is O=C(O)c1ccc2c(c1)CCN2S(=O)(=O)C1CC1c1ccccc1. The minimum absolute atomic E-state index is 0.0542. The molecule has 1 aliphatic carbocycles. The second kappa shape index (κ2) is 5.34. The van der Waals surface area contributed by atoms with Crippen molar-refractivity contribution in [1.82, 2.24) is 0 Å². The lowest BCUT2D eigenvalue weighted by atomic mass is 10.1. The lowest BCUT2D eigenvalue weighted by Gasteiger charge is -2.20. The van der Waals surface area contributed by atoms with Crippen LogP contribution in [-0.2, 0) is 16.4 Å². The van der Waals surface area contributed by atoms with Crippen LogP contribution in [0.5, 0.6) is 0 Å². The molecule has 0 spiro atoms. The van der Waals surface area contributed by atoms with Crippen LogP contribution in [0.1, 0.15) is 33.8 Å². The molecule has 2 atom stereocenters. The summed E-state index contributed by atoms with van der Waals surface area (Å²) < 4.78 is 27.4. The van der Waals surface area contributed by atoms with E-state index in [1.54, 1.807) is 12.1 Å². The van der Waals surface area contributed by atoms with Gasteiger partial charge in [0.15, 0.2) is 0 Å². The molecule has 1 aliphatic heterocycles. The van der Waals surface area contributed by atoms with Gasteiger partial charge >= 0.3 is 5.97 Å². The van der Waals surface area contributed by atoms with Crippen molar-refractivity contribution in [3.63, 3.8) is 0 Å². The molecule has 5 nitrogen and oxygen atoms in total. The molecule has 2 aliphatic rings. The lowest BCUT2D eigenvalue weighted by molar-refractivity contribution is 0.0697. The maximum Gasteiger partial charge on any atom is 0.335 e. The van der Waals surface area contributed by atoms with Crippen LogP contribution in [0.4, 0.5) is 5.69 Å². The van der Waals surface area contributed by atoms with Crippen molar-refractivity contribution in [2.24, 2.45) is 0 Å². The molecular weight excluding hydrogens is 326 g/mol. The fourth-order valence-electron chi connectivity index (χ4n) is 3.48. The third kappa shape index (κ3) is 2.38. The van der Waals surface area contributed by atoms with Gasteiger partial charge in [-0.25, -0.2) is 13.2 Å². The molecular formula is C18H17NO4S. The highest BCUT2D eigenvalue weighted by molar-refractivity contribution is 7.93. The summed E-state index contributed by atoms with van der Waals surface area (Å²) in [7, 11) is -3.42. The molecule has 1 fully saturated rings. The Hall–Kier alpha value is -2.34. The number of carbonyl (C=O) groups is 1. The van der Waals surface area contributed by atoms with E-state index >= 15 is 0 Å². The van der Waals surface area contributed by atoms with Gasteiger partial charge in [0, 0.05) is 12.5 Å². The minimum Gasteiger partial charge on any atom is -0.478 e. The molecule has 0 saturated heterocycles. The number of nitrogens with zero attached hydrogens (tertiary/aromatic N) is 1. The monoisotopic (exact) mass is 343 g/mol. The fourth-order valence-corrected chi connectivity index (χ4v) is 5.63. The zero-order valence-electron chi connectivity index (χ0n) is 12.9. The van der Waals surface area contributed by atoms with E-state index in [2.05, 4.69) is 0 Å². The Morgan fingerprint density at radius 3 is 2.58 bits per heavy atom. The number of hydrogen-bond acceptors (Lipinski definition) is 3. The average Bonchev–Trinajstić information content (AvgIpc) is 3.28. The van der Waals surface area contributed by atoms with Gasteiger partial charge in [0.1, 0.15) is 0 Å². The molecule has 1 N–H and O–H groups in total. The molecule has 0 amide bonds. The quantitative estimate of drug-likeness (QED) is 0.926. The summed E-state index contributed by atoms with van der Waals surface area (Å²) in [6.07, 6.45) is 1.20. The Morgan fingerprint density at radius 1 is 1.12 bits per heavy atom. The Kier molecular flexibility index (Phi) is 3.38. The summed E-state index contributed by atoms with van der Waals surface area (Å²) >= 11 is 0. The Balaban J connectivity index is 1.61. The Labute approximate surface area is 140 Å². The molecule has 0 bridgehead atoms. The summed E-state index contributed by atoms with van der Waals surface area (Å²) in [6.45, 7) is 0.388. The van der Waals surface area contributed by atoms with E-state index in [0.29, 0.717) is 25.1 Å². The Bertz CT molecular complexity index is 908. The normalized spacial score (nSPS) is 22.2. The van der Waals surface area contributed by atoms with Gasteiger partial charge in [-0.1, -0.05) is 30.3 Å². The van der Waals surface area contributed by atoms with Crippen LogP contribution in [0.3, 0.4) is 0 Å². The zero-order valence-corrected chi connectivity index (χ0v) is 13.7. The van der Waals surface area contributed by atoms with Crippen molar-refractivity contribution in [3.05, 3.63) is 65.2 Å². The molecule has 1 saturated carbocycles. The third-order valence-corrected chi connectivity index (χ3v) is 7.11. The topological polar surface area (TPSA) is 74.7 Å². The second-order valence-corrected chi connectivity index (χ2v) is 8.38. The zero-order chi connectivity index (χ0) is 16.9. The second-order valence-electron chi connectivity index (χ2n) is 6.31. The Morgan fingerprint density at radius 2 is 1.88 bits per heavy atom. The van der Waals surface area contributed by atoms with Crippen molar-refractivity contribution in [2.75, 3.05) is 10.8 Å². The number of carboxylic acid groups (broad SMARTS) is 1. The highest BCUT2D eigenvalue weighted by Crippen LogP contribution is 2.48. The summed E-state index contributed by atoms with van der Waals surface area (Å²) in [5, 5.41) is 8.68. The van der Waals surface area contributed by atoms with Gasteiger partial charge in [-0.15, -0.1) is 0 Å². The third-order valence-electron chi connectivity index (χ3n) is 4.83. The van der Waals surface area contributed by atoms with Crippen molar-refractivity contribution in [1.29, 1.82) is 0 Å². The highest BCUT2D eigenvalue weighted by atomic mass is 32.2. The minimum atomic E-state index is -3.42. The van der Waals surface area contributed by atoms with Crippen molar-refractivity contribution < 1.29 is 18.3 Å². The first-order valence-corrected chi connectivity index (χ1v) is 9.41. The van der Waals surface area contributed by atoms with Crippen LogP contribution < -0.4 is 4.31 Å². The van der Waals surface area contributed by atoms with E-state index in [9.17, 15) is 13.2 Å². The molecule has 0 aromatic heterocycles. The van der Waals surface area contributed by atoms with E-state index in [4.69, 9.17) is 5.11 Å². The van der Waals surface area contributed by atoms with Crippen molar-refractivity contribution in [2.45, 2.75) is 24.0 Å². The van der Waals surface area contributed by atoms with Crippen molar-refractivity contribution in [3.8, 4) is 0 Å². The average molecular weight is 343 g/mol. The first-order chi connectivity index (χ1) is 11.5. The summed E-state index contributed by atoms with van der Waals surface area (Å²) in [4.78, 5) is 11.1. The number of rotatable bonds is 4. The van der Waals surface area contributed by atoms with Gasteiger partial charge in [0.25, 0.3) is 0 Å². The van der Waals surface area contributed by atoms with Gasteiger partial charge in [-0.05, 0) is 42.2 Å². The number of hydrogen-bond donors (Lipinski definition) is 1. The van der Waals surface area contributed by atoms with Gasteiger partial charge in [0.2, 0.25) is 10.0 Å². The number of benzene rings is 2. The van der Waals surface area contributed by atoms with Crippen molar-refractivity contribution >= 4 is 21.7 Å². The van der Waals surface area contributed by atoms with Crippen LogP contribution in [0, 0.1) is 0 Å². The van der Waals surface area contributed by atoms with Crippen LogP contribution in [0.2, 0.25) is 0 Å². The van der Waals surface area contributed by atoms with E-state index in [-0.39, 0.29) is 16.7 Å². The predicted molar refractivity (Wildman–Crippen MR) is 91.0 cm³/mol. The van der Waals surface area contributed by atoms with Gasteiger partial charge in [-0.3, -0.25) is 4.31 Å². The molecule has 24 heavy (non-hydrogen) atoms. The van der Waals surface area contributed by atoms with E-state index < -0.39 is 16.0 Å². The molecule has 4 rings (SSSR count). The van der Waals surface area contributed by atoms with Crippen LogP contribution in [0.15, 0.2) is 48.5 Å². The summed E-state index contributed by atoms with van der Waals surface area (Å²) in [6, 6.07) is 14.4. The molecule has 6 heteroatoms. The number of carboxylic acids is 1. The molecule has 124 valence electrons. The van der Waals surface area contributed by atoms with E-state index in [1.807, 2.05) is 30.3 Å². The molecule has 0 radical (unpaired) electrons. The standard InChI is InChI=1S/C18H17NO4S/c20-18(21)14-6-7-16-13(10-14)8-9-19(16)24(22,23)17-11-15(17)12-4-2-1-3-5-12/h1-7,10,15,17H,8-9,11H2,(H,20,21). The van der Waals surface area contributed by atoms with Crippen LogP contribution in [0.25, 0.3) is 0 Å². The van der Waals surface area contributed by atoms with Crippen LogP contribution >= 0.6 is 0 Å². The number of aromatic carboxylic acids is 1. The first-order valence-electron chi connectivity index (χ1n) is 7.91. The molecule has 1 heterocycles. The maximum absolute atomic E-state index is 13.0. The summed E-state index contributed by atoms with van der Waals surface area (Å²) in [5.74, 6) is -0.941. The van der Waals surface area contributed by atoms with E-state index in [0.717, 1.165) is 11.1 Å².